The molecule has 4 radical (unpaired) electrons. The van der Waals surface area contributed by atoms with E-state index in [1.807, 2.05) is 0 Å². The van der Waals surface area contributed by atoms with Crippen molar-refractivity contribution in [3.05, 3.63) is 0 Å². The van der Waals surface area contributed by atoms with Crippen molar-refractivity contribution in [3.8, 4) is 0 Å². The van der Waals surface area contributed by atoms with Crippen LogP contribution in [0, 0.1) is 0 Å². The molecule has 1 rings (SSSR count). The first-order valence-electron chi connectivity index (χ1n) is 8.74. The van der Waals surface area contributed by atoms with Crippen LogP contribution in [-0.2, 0) is 59.1 Å². The van der Waals surface area contributed by atoms with Crippen LogP contribution >= 0.6 is 54.8 Å². The molecular formula is C6H18O28P7Sn-3. The molecule has 0 atom stereocenters. The van der Waals surface area contributed by atoms with E-state index in [2.05, 4.69) is 27.1 Å². The molecule has 42 heavy (non-hydrogen) atoms. The molecule has 12 N–H and O–H groups in total. The molecule has 0 aromatic rings. The first-order valence-corrected chi connectivity index (χ1v) is 19.4. The van der Waals surface area contributed by atoms with Gasteiger partial charge in [0.15, 0.2) is 0 Å². The van der Waals surface area contributed by atoms with E-state index in [9.17, 15) is 27.4 Å². The van der Waals surface area contributed by atoms with E-state index >= 15 is 0 Å². The van der Waals surface area contributed by atoms with Crippen molar-refractivity contribution in [3.63, 3.8) is 0 Å². The molecule has 1 aliphatic carbocycles. The third-order valence-corrected chi connectivity index (χ3v) is 6.61. The van der Waals surface area contributed by atoms with Gasteiger partial charge in [0.2, 0.25) is 0 Å². The molecule has 0 aromatic carbocycles. The average Bonchev–Trinajstić information content (AvgIpc) is 2.56. The molecule has 28 nitrogen and oxygen atoms in total. The number of hydrogen-bond acceptors (Lipinski definition) is 16. The zero-order chi connectivity index (χ0) is 33.2. The van der Waals surface area contributed by atoms with Crippen molar-refractivity contribution < 1.29 is 132 Å². The molecular weight excluding hydrogens is 856 g/mol. The zero-order valence-electron chi connectivity index (χ0n) is 19.0. The standard InChI is InChI=1S/C6H18O24P6.H3O4P.Sn/c7-31(8,9)25-1-2(26-32(10,11)12)4(28-34(16,17)18)6(30-36(22,23)24)5(29-35(19,20)21)3(1)27-33(13,14)15;1-5(2,3)4;/h1-6H,(H2,7,8,9)(H2,10,11,12)(H2,13,14,15)(H2,16,17,18)(H2,19,20,21)(H2,22,23,24);(H3,1,2,3,4);/p-3. The van der Waals surface area contributed by atoms with Gasteiger partial charge in [-0.25, -0.2) is 27.4 Å². The molecule has 1 saturated carbocycles. The van der Waals surface area contributed by atoms with Gasteiger partial charge in [0.05, 0.1) is 0 Å². The minimum atomic E-state index is -6.02. The molecule has 0 aromatic heterocycles. The minimum Gasteiger partial charge on any atom is -0.822 e. The molecule has 36 heteroatoms. The van der Waals surface area contributed by atoms with Gasteiger partial charge < -0.3 is 78.0 Å². The van der Waals surface area contributed by atoms with Gasteiger partial charge in [-0.15, -0.1) is 0 Å². The third kappa shape index (κ3) is 22.2. The van der Waals surface area contributed by atoms with Crippen molar-refractivity contribution in [2.75, 3.05) is 0 Å². The van der Waals surface area contributed by atoms with Crippen LogP contribution in [0.1, 0.15) is 0 Å². The second kappa shape index (κ2) is 16.1. The van der Waals surface area contributed by atoms with Gasteiger partial charge in [-0.3, -0.25) is 27.1 Å². The van der Waals surface area contributed by atoms with Gasteiger partial charge in [0.25, 0.3) is 0 Å². The second-order valence-corrected chi connectivity index (χ2v) is 14.9. The summed E-state index contributed by atoms with van der Waals surface area (Å²) in [6.45, 7) is 0. The molecule has 0 unspecified atom stereocenters. The molecule has 1 fully saturated rings. The van der Waals surface area contributed by atoms with Crippen molar-refractivity contribution in [1.82, 2.24) is 0 Å². The molecule has 0 amide bonds. The Kier molecular flexibility index (Phi) is 17.5. The summed E-state index contributed by atoms with van der Waals surface area (Å²) in [6.07, 6.45) is -18.9. The molecule has 0 aliphatic heterocycles. The summed E-state index contributed by atoms with van der Waals surface area (Å²) in [7, 11) is -41.5. The summed E-state index contributed by atoms with van der Waals surface area (Å²) in [5.74, 6) is 0. The molecule has 0 heterocycles. The Morgan fingerprint density at radius 2 is 0.405 bits per heavy atom. The van der Waals surface area contributed by atoms with Gasteiger partial charge in [0.1, 0.15) is 36.6 Å². The van der Waals surface area contributed by atoms with Gasteiger partial charge >= 0.3 is 46.9 Å². The van der Waals surface area contributed by atoms with Crippen LogP contribution in [0.2, 0.25) is 0 Å². The van der Waals surface area contributed by atoms with E-state index in [-0.39, 0.29) is 23.9 Å². The molecule has 0 saturated heterocycles. The minimum absolute atomic E-state index is 0. The van der Waals surface area contributed by atoms with Gasteiger partial charge in [-0.2, -0.15) is 7.82 Å². The van der Waals surface area contributed by atoms with Crippen molar-refractivity contribution >= 4 is 78.7 Å². The third-order valence-electron chi connectivity index (χ3n) is 3.50. The van der Waals surface area contributed by atoms with E-state index in [4.69, 9.17) is 78.0 Å². The van der Waals surface area contributed by atoms with Crippen LogP contribution < -0.4 is 14.7 Å². The van der Waals surface area contributed by atoms with Gasteiger partial charge in [-0.1, -0.05) is 0 Å². The van der Waals surface area contributed by atoms with Crippen LogP contribution in [0.15, 0.2) is 0 Å². The van der Waals surface area contributed by atoms with Crippen LogP contribution in [0.25, 0.3) is 0 Å². The van der Waals surface area contributed by atoms with Crippen molar-refractivity contribution in [2.24, 2.45) is 0 Å². The fourth-order valence-corrected chi connectivity index (χ4v) is 6.14. The van der Waals surface area contributed by atoms with E-state index in [1.54, 1.807) is 0 Å². The Labute approximate surface area is 247 Å². The largest absolute Gasteiger partial charge is 0.822 e. The SMILES string of the molecule is O=P(O)(O)OC1C(OP(=O)(O)O)C(OP(=O)(O)O)C(OP(=O)(O)O)C(OP(=O)(O)O)C1OP(=O)(O)O.O=P([O-])([O-])[O-].[Sn]. The Balaban J connectivity index is 0. The topological polar surface area (TPSA) is 487 Å². The number of rotatable bonds is 12. The molecule has 252 valence electrons. The summed E-state index contributed by atoms with van der Waals surface area (Å²) in [5, 5.41) is 0. The smallest absolute Gasteiger partial charge is 0.470 e. The fraction of sp³-hybridized carbons (Fsp3) is 1.00. The quantitative estimate of drug-likeness (QED) is 0.0641. The number of phosphoric ester groups is 6. The Morgan fingerprint density at radius 1 is 0.333 bits per heavy atom. The summed E-state index contributed by atoms with van der Waals surface area (Å²) in [6, 6.07) is 0. The zero-order valence-corrected chi connectivity index (χ0v) is 28.1. The van der Waals surface area contributed by atoms with Crippen molar-refractivity contribution in [2.45, 2.75) is 36.6 Å². The summed E-state index contributed by atoms with van der Waals surface area (Å²) in [4.78, 5) is 135. The molecule has 0 bridgehead atoms. The van der Waals surface area contributed by atoms with Crippen LogP contribution in [-0.4, -0.2) is 119 Å². The summed E-state index contributed by atoms with van der Waals surface area (Å²) in [5.41, 5.74) is 0. The predicted molar refractivity (Wildman–Crippen MR) is 115 cm³/mol. The van der Waals surface area contributed by atoms with Crippen LogP contribution in [0.3, 0.4) is 0 Å². The molecule has 1 aliphatic rings. The second-order valence-electron chi connectivity index (χ2n) is 6.81. The first-order chi connectivity index (χ1) is 17.6. The maximum Gasteiger partial charge on any atom is 0.470 e. The molecule has 0 spiro atoms. The van der Waals surface area contributed by atoms with Gasteiger partial charge in [0, 0.05) is 23.9 Å². The summed E-state index contributed by atoms with van der Waals surface area (Å²) >= 11 is 0. The predicted octanol–water partition coefficient (Wildman–Crippen LogP) is -6.34. The first kappa shape index (κ1) is 45.7. The Morgan fingerprint density at radius 3 is 0.452 bits per heavy atom. The Hall–Kier alpha value is 1.57. The van der Waals surface area contributed by atoms with Crippen LogP contribution in [0.5, 0.6) is 0 Å². The van der Waals surface area contributed by atoms with Gasteiger partial charge in [-0.05, 0) is 0 Å². The maximum atomic E-state index is 11.4. The van der Waals surface area contributed by atoms with Crippen LogP contribution in [0.4, 0.5) is 0 Å². The van der Waals surface area contributed by atoms with E-state index < -0.39 is 91.4 Å². The Bertz CT molecular complexity index is 968. The van der Waals surface area contributed by atoms with E-state index in [0.29, 0.717) is 0 Å². The van der Waals surface area contributed by atoms with Crippen molar-refractivity contribution in [1.29, 1.82) is 0 Å². The number of phosphoric acid groups is 7. The van der Waals surface area contributed by atoms with E-state index in [1.165, 1.54) is 0 Å². The maximum absolute atomic E-state index is 11.4. The summed E-state index contributed by atoms with van der Waals surface area (Å²) < 4.78 is 102. The number of hydrogen-bond donors (Lipinski definition) is 12. The average molecular weight is 874 g/mol. The monoisotopic (exact) mass is 875 g/mol. The van der Waals surface area contributed by atoms with E-state index in [0.717, 1.165) is 0 Å². The normalized spacial score (nSPS) is 26.5. The fourth-order valence-electron chi connectivity index (χ4n) is 2.79.